The van der Waals surface area contributed by atoms with E-state index in [1.807, 2.05) is 62.4 Å². The van der Waals surface area contributed by atoms with E-state index in [2.05, 4.69) is 5.16 Å². The molecule has 0 unspecified atom stereocenters. The summed E-state index contributed by atoms with van der Waals surface area (Å²) in [7, 11) is 3.33. The number of anilines is 1. The van der Waals surface area contributed by atoms with Crippen LogP contribution in [-0.4, -0.2) is 25.2 Å². The smallest absolute Gasteiger partial charge is 0.250 e. The van der Waals surface area contributed by atoms with Crippen LogP contribution in [0.1, 0.15) is 22.6 Å². The van der Waals surface area contributed by atoms with Crippen LogP contribution in [0.2, 0.25) is 0 Å². The third kappa shape index (κ3) is 4.85. The van der Waals surface area contributed by atoms with Gasteiger partial charge in [0.1, 0.15) is 12.4 Å². The van der Waals surface area contributed by atoms with Crippen molar-refractivity contribution in [3.63, 3.8) is 0 Å². The number of hydrogen-bond donors (Lipinski definition) is 0. The highest BCUT2D eigenvalue weighted by Crippen LogP contribution is 2.30. The van der Waals surface area contributed by atoms with Gasteiger partial charge in [0.2, 0.25) is 0 Å². The predicted octanol–water partition coefficient (Wildman–Crippen LogP) is 4.56. The van der Waals surface area contributed by atoms with Gasteiger partial charge in [0.05, 0.1) is 18.4 Å². The Morgan fingerprint density at radius 3 is 2.55 bits per heavy atom. The monoisotopic (exact) mass is 392 g/mol. The average Bonchev–Trinajstić information content (AvgIpc) is 3.08. The lowest BCUT2D eigenvalue weighted by Crippen LogP contribution is -2.23. The quantitative estimate of drug-likeness (QED) is 0.552. The van der Waals surface area contributed by atoms with Crippen molar-refractivity contribution in [1.82, 2.24) is 5.16 Å². The Kier molecular flexibility index (Phi) is 6.34. The first-order valence-corrected chi connectivity index (χ1v) is 9.23. The first-order valence-electron chi connectivity index (χ1n) is 9.23. The van der Waals surface area contributed by atoms with Gasteiger partial charge < -0.3 is 18.9 Å². The summed E-state index contributed by atoms with van der Waals surface area (Å²) in [6, 6.07) is 15.0. The Bertz CT molecular complexity index is 989. The number of benzene rings is 2. The fourth-order valence-electron chi connectivity index (χ4n) is 2.82. The van der Waals surface area contributed by atoms with E-state index >= 15 is 0 Å². The van der Waals surface area contributed by atoms with Crippen LogP contribution in [0, 0.1) is 13.8 Å². The number of likely N-dealkylation sites (N-methyl/N-ethyl adjacent to an activating group) is 1. The zero-order chi connectivity index (χ0) is 20.8. The molecule has 6 heteroatoms. The van der Waals surface area contributed by atoms with Crippen molar-refractivity contribution in [3.8, 4) is 11.5 Å². The second kappa shape index (κ2) is 9.10. The molecule has 29 heavy (non-hydrogen) atoms. The van der Waals surface area contributed by atoms with Gasteiger partial charge in [-0.1, -0.05) is 29.4 Å². The van der Waals surface area contributed by atoms with Crippen molar-refractivity contribution in [2.75, 3.05) is 19.1 Å². The number of carbonyl (C=O) groups excluding carboxylic acids is 1. The van der Waals surface area contributed by atoms with Gasteiger partial charge in [-0.2, -0.15) is 0 Å². The largest absolute Gasteiger partial charge is 0.493 e. The normalized spacial score (nSPS) is 10.9. The Balaban J connectivity index is 1.69. The van der Waals surface area contributed by atoms with Crippen LogP contribution in [0.5, 0.6) is 11.5 Å². The van der Waals surface area contributed by atoms with Gasteiger partial charge in [0, 0.05) is 18.8 Å². The van der Waals surface area contributed by atoms with Crippen molar-refractivity contribution in [2.45, 2.75) is 20.5 Å². The van der Waals surface area contributed by atoms with Gasteiger partial charge in [-0.15, -0.1) is 0 Å². The highest BCUT2D eigenvalue weighted by Gasteiger charge is 2.12. The van der Waals surface area contributed by atoms with E-state index in [0.717, 1.165) is 28.3 Å². The minimum Gasteiger partial charge on any atom is -0.493 e. The van der Waals surface area contributed by atoms with E-state index in [4.69, 9.17) is 14.0 Å². The molecule has 0 aliphatic carbocycles. The highest BCUT2D eigenvalue weighted by molar-refractivity contribution is 6.03. The number of hydrogen-bond acceptors (Lipinski definition) is 5. The number of para-hydroxylation sites is 1. The molecule has 0 bridgehead atoms. The SMILES string of the molecule is COc1cc(C=CC(=O)N(C)c2ccccc2)ccc1OCc1c(C)noc1C. The van der Waals surface area contributed by atoms with Crippen LogP contribution in [0.25, 0.3) is 6.08 Å². The molecule has 3 rings (SSSR count). The molecule has 0 aliphatic heterocycles. The molecule has 2 aromatic carbocycles. The van der Waals surface area contributed by atoms with Crippen LogP contribution >= 0.6 is 0 Å². The fourth-order valence-corrected chi connectivity index (χ4v) is 2.82. The molecule has 0 atom stereocenters. The second-order valence-electron chi connectivity index (χ2n) is 6.57. The van der Waals surface area contributed by atoms with Gasteiger partial charge in [0.25, 0.3) is 5.91 Å². The van der Waals surface area contributed by atoms with Crippen molar-refractivity contribution >= 4 is 17.7 Å². The van der Waals surface area contributed by atoms with Gasteiger partial charge >= 0.3 is 0 Å². The molecule has 0 N–H and O–H groups in total. The molecule has 0 aliphatic rings. The minimum atomic E-state index is -0.117. The number of rotatable bonds is 7. The summed E-state index contributed by atoms with van der Waals surface area (Å²) < 4.78 is 16.5. The molecule has 1 aromatic heterocycles. The van der Waals surface area contributed by atoms with Crippen LogP contribution in [0.4, 0.5) is 5.69 Å². The molecular weight excluding hydrogens is 368 g/mol. The van der Waals surface area contributed by atoms with Crippen LogP contribution in [0.15, 0.2) is 59.1 Å². The predicted molar refractivity (Wildman–Crippen MR) is 112 cm³/mol. The maximum Gasteiger partial charge on any atom is 0.250 e. The van der Waals surface area contributed by atoms with Gasteiger partial charge in [-0.3, -0.25) is 4.79 Å². The van der Waals surface area contributed by atoms with Gasteiger partial charge in [-0.25, -0.2) is 0 Å². The highest BCUT2D eigenvalue weighted by atomic mass is 16.5. The van der Waals surface area contributed by atoms with E-state index in [1.165, 1.54) is 6.08 Å². The summed E-state index contributed by atoms with van der Waals surface area (Å²) in [5, 5.41) is 3.93. The zero-order valence-electron chi connectivity index (χ0n) is 17.0. The molecule has 0 fully saturated rings. The van der Waals surface area contributed by atoms with E-state index in [9.17, 15) is 4.79 Å². The number of aryl methyl sites for hydroxylation is 2. The topological polar surface area (TPSA) is 64.8 Å². The number of ether oxygens (including phenoxy) is 2. The Labute approximate surface area is 170 Å². The number of nitrogens with zero attached hydrogens (tertiary/aromatic N) is 2. The summed E-state index contributed by atoms with van der Waals surface area (Å²) in [6.07, 6.45) is 3.29. The summed E-state index contributed by atoms with van der Waals surface area (Å²) in [5.41, 5.74) is 3.40. The average molecular weight is 392 g/mol. The second-order valence-corrected chi connectivity index (χ2v) is 6.57. The van der Waals surface area contributed by atoms with Crippen LogP contribution in [-0.2, 0) is 11.4 Å². The molecule has 1 heterocycles. The van der Waals surface area contributed by atoms with Crippen LogP contribution in [0.3, 0.4) is 0 Å². The Morgan fingerprint density at radius 1 is 1.14 bits per heavy atom. The first-order chi connectivity index (χ1) is 14.0. The summed E-state index contributed by atoms with van der Waals surface area (Å²) in [5.74, 6) is 1.82. The molecule has 0 saturated carbocycles. The van der Waals surface area contributed by atoms with E-state index < -0.39 is 0 Å². The molecule has 0 saturated heterocycles. The maximum absolute atomic E-state index is 12.4. The molecule has 150 valence electrons. The van der Waals surface area contributed by atoms with Crippen molar-refractivity contribution in [2.24, 2.45) is 0 Å². The van der Waals surface area contributed by atoms with Gasteiger partial charge in [-0.05, 0) is 49.8 Å². The first kappa shape index (κ1) is 20.2. The zero-order valence-corrected chi connectivity index (χ0v) is 17.0. The van der Waals surface area contributed by atoms with Crippen LogP contribution < -0.4 is 14.4 Å². The molecule has 3 aromatic rings. The summed E-state index contributed by atoms with van der Waals surface area (Å²) in [4.78, 5) is 14.0. The lowest BCUT2D eigenvalue weighted by molar-refractivity contribution is -0.113. The number of carbonyl (C=O) groups is 1. The van der Waals surface area contributed by atoms with E-state index in [1.54, 1.807) is 25.1 Å². The summed E-state index contributed by atoms with van der Waals surface area (Å²) >= 11 is 0. The summed E-state index contributed by atoms with van der Waals surface area (Å²) in [6.45, 7) is 4.07. The minimum absolute atomic E-state index is 0.117. The number of aromatic nitrogens is 1. The lowest BCUT2D eigenvalue weighted by Gasteiger charge is -2.15. The van der Waals surface area contributed by atoms with Crippen molar-refractivity contribution in [1.29, 1.82) is 0 Å². The Morgan fingerprint density at radius 2 is 1.90 bits per heavy atom. The number of methoxy groups -OCH3 is 1. The lowest BCUT2D eigenvalue weighted by atomic mass is 10.1. The molecule has 0 spiro atoms. The Hall–Kier alpha value is -3.54. The fraction of sp³-hybridized carbons (Fsp3) is 0.217. The molecule has 0 radical (unpaired) electrons. The molecular formula is C23H24N2O4. The van der Waals surface area contributed by atoms with Crippen molar-refractivity contribution in [3.05, 3.63) is 77.2 Å². The third-order valence-corrected chi connectivity index (χ3v) is 4.63. The van der Waals surface area contributed by atoms with Crippen molar-refractivity contribution < 1.29 is 18.8 Å². The molecule has 1 amide bonds. The maximum atomic E-state index is 12.4. The molecule has 6 nitrogen and oxygen atoms in total. The standard InChI is InChI=1S/C23H24N2O4/c1-16-20(17(2)29-24-16)15-28-21-12-10-18(14-22(21)27-4)11-13-23(26)25(3)19-8-6-5-7-9-19/h5-14H,15H2,1-4H3. The van der Waals surface area contributed by atoms with E-state index in [0.29, 0.717) is 18.1 Å². The number of amides is 1. The van der Waals surface area contributed by atoms with E-state index in [-0.39, 0.29) is 5.91 Å². The van der Waals surface area contributed by atoms with Gasteiger partial charge in [0.15, 0.2) is 11.5 Å². The third-order valence-electron chi connectivity index (χ3n) is 4.63.